The monoisotopic (exact) mass is 252 g/mol. The van der Waals surface area contributed by atoms with Crippen molar-refractivity contribution in [1.29, 1.82) is 0 Å². The lowest BCUT2D eigenvalue weighted by atomic mass is 10.2. The Kier molecular flexibility index (Phi) is 3.01. The molecular formula is C10H8N2O4S. The normalized spacial score (nSPS) is 10.4. The minimum atomic E-state index is -0.466. The van der Waals surface area contributed by atoms with Crippen molar-refractivity contribution < 1.29 is 14.5 Å². The molecule has 0 atom stereocenters. The molecule has 0 saturated carbocycles. The van der Waals surface area contributed by atoms with Gasteiger partial charge in [0, 0.05) is 24.4 Å². The number of ether oxygens (including phenoxy) is 1. The maximum absolute atomic E-state index is 10.7. The standard InChI is InChI=1S/C10H8N2O4S/c1-6(13)16-5-9-8-4-7(12(14)15)2-3-10(8)17-11-9/h2-4H,5H2,1H3. The summed E-state index contributed by atoms with van der Waals surface area (Å²) in [5, 5.41) is 11.3. The molecule has 0 radical (unpaired) electrons. The number of carbonyl (C=O) groups is 1. The van der Waals surface area contributed by atoms with Crippen LogP contribution < -0.4 is 0 Å². The highest BCUT2D eigenvalue weighted by molar-refractivity contribution is 7.13. The predicted octanol–water partition coefficient (Wildman–Crippen LogP) is 2.27. The molecule has 1 aromatic carbocycles. The molecular weight excluding hydrogens is 244 g/mol. The van der Waals surface area contributed by atoms with Crippen molar-refractivity contribution in [3.05, 3.63) is 34.0 Å². The van der Waals surface area contributed by atoms with Gasteiger partial charge in [-0.25, -0.2) is 0 Å². The van der Waals surface area contributed by atoms with Crippen LogP contribution in [0.3, 0.4) is 0 Å². The molecule has 7 heteroatoms. The molecule has 0 aliphatic carbocycles. The third-order valence-corrected chi connectivity index (χ3v) is 3.02. The molecule has 88 valence electrons. The number of benzene rings is 1. The topological polar surface area (TPSA) is 82.3 Å². The fraction of sp³-hybridized carbons (Fsp3) is 0.200. The van der Waals surface area contributed by atoms with Crippen molar-refractivity contribution in [1.82, 2.24) is 4.37 Å². The minimum absolute atomic E-state index is 0.00164. The van der Waals surface area contributed by atoms with E-state index in [2.05, 4.69) is 4.37 Å². The summed E-state index contributed by atoms with van der Waals surface area (Å²) < 4.78 is 9.77. The number of hydrogen-bond acceptors (Lipinski definition) is 6. The van der Waals surface area contributed by atoms with Crippen LogP contribution in [0.25, 0.3) is 10.1 Å². The lowest BCUT2D eigenvalue weighted by Gasteiger charge is -1.98. The van der Waals surface area contributed by atoms with Gasteiger partial charge in [-0.2, -0.15) is 4.37 Å². The first-order valence-corrected chi connectivity index (χ1v) is 5.51. The molecule has 17 heavy (non-hydrogen) atoms. The Balaban J connectivity index is 2.39. The van der Waals surface area contributed by atoms with Gasteiger partial charge in [-0.3, -0.25) is 14.9 Å². The number of esters is 1. The average molecular weight is 252 g/mol. The second-order valence-corrected chi connectivity index (χ2v) is 4.15. The number of fused-ring (bicyclic) bond motifs is 1. The fourth-order valence-electron chi connectivity index (χ4n) is 1.36. The molecule has 0 spiro atoms. The molecule has 0 unspecified atom stereocenters. The van der Waals surface area contributed by atoms with Crippen LogP contribution in [0.4, 0.5) is 5.69 Å². The highest BCUT2D eigenvalue weighted by Crippen LogP contribution is 2.27. The van der Waals surface area contributed by atoms with Gasteiger partial charge < -0.3 is 4.74 Å². The molecule has 2 rings (SSSR count). The Labute approximate surface area is 100 Å². The van der Waals surface area contributed by atoms with E-state index < -0.39 is 10.9 Å². The van der Waals surface area contributed by atoms with Crippen molar-refractivity contribution in [2.45, 2.75) is 13.5 Å². The number of rotatable bonds is 3. The second kappa shape index (κ2) is 4.46. The molecule has 0 aliphatic rings. The zero-order valence-corrected chi connectivity index (χ0v) is 9.69. The van der Waals surface area contributed by atoms with Crippen LogP contribution in [-0.4, -0.2) is 15.3 Å². The number of aromatic nitrogens is 1. The maximum atomic E-state index is 10.7. The summed E-state index contributed by atoms with van der Waals surface area (Å²) in [7, 11) is 0. The van der Waals surface area contributed by atoms with Crippen LogP contribution in [0.5, 0.6) is 0 Å². The molecule has 0 fully saturated rings. The van der Waals surface area contributed by atoms with Gasteiger partial charge in [-0.15, -0.1) is 0 Å². The maximum Gasteiger partial charge on any atom is 0.303 e. The molecule has 6 nitrogen and oxygen atoms in total. The smallest absolute Gasteiger partial charge is 0.303 e. The summed E-state index contributed by atoms with van der Waals surface area (Å²) in [5.74, 6) is -0.406. The average Bonchev–Trinajstić information content (AvgIpc) is 2.68. The number of nitrogens with zero attached hydrogens (tertiary/aromatic N) is 2. The van der Waals surface area contributed by atoms with Gasteiger partial charge in [-0.05, 0) is 17.6 Å². The Morgan fingerprint density at radius 3 is 3.00 bits per heavy atom. The number of carbonyl (C=O) groups excluding carboxylic acids is 1. The zero-order chi connectivity index (χ0) is 12.4. The van der Waals surface area contributed by atoms with E-state index in [0.29, 0.717) is 11.1 Å². The second-order valence-electron chi connectivity index (χ2n) is 3.35. The van der Waals surface area contributed by atoms with E-state index in [1.165, 1.54) is 30.6 Å². The fourth-order valence-corrected chi connectivity index (χ4v) is 2.13. The number of nitro benzene ring substituents is 1. The van der Waals surface area contributed by atoms with E-state index in [-0.39, 0.29) is 12.3 Å². The van der Waals surface area contributed by atoms with Gasteiger partial charge in [0.05, 0.1) is 15.3 Å². The van der Waals surface area contributed by atoms with Crippen LogP contribution in [-0.2, 0) is 16.1 Å². The summed E-state index contributed by atoms with van der Waals surface area (Å²) >= 11 is 1.22. The van der Waals surface area contributed by atoms with E-state index in [1.54, 1.807) is 6.07 Å². The first-order chi connectivity index (χ1) is 8.08. The van der Waals surface area contributed by atoms with Crippen LogP contribution in [0.1, 0.15) is 12.6 Å². The number of hydrogen-bond donors (Lipinski definition) is 0. The van der Waals surface area contributed by atoms with Crippen molar-refractivity contribution in [2.24, 2.45) is 0 Å². The highest BCUT2D eigenvalue weighted by atomic mass is 32.1. The SMILES string of the molecule is CC(=O)OCc1nsc2ccc([N+](=O)[O-])cc12. The van der Waals surface area contributed by atoms with Gasteiger partial charge in [0.15, 0.2) is 0 Å². The van der Waals surface area contributed by atoms with E-state index in [1.807, 2.05) is 0 Å². The lowest BCUT2D eigenvalue weighted by molar-refractivity contribution is -0.384. The Morgan fingerprint density at radius 2 is 2.35 bits per heavy atom. The lowest BCUT2D eigenvalue weighted by Crippen LogP contribution is -1.99. The molecule has 1 heterocycles. The van der Waals surface area contributed by atoms with Gasteiger partial charge in [0.25, 0.3) is 5.69 Å². The molecule has 0 aliphatic heterocycles. The summed E-state index contributed by atoms with van der Waals surface area (Å²) in [6.45, 7) is 1.34. The summed E-state index contributed by atoms with van der Waals surface area (Å²) in [6.07, 6.45) is 0. The molecule has 0 bridgehead atoms. The number of non-ortho nitro benzene ring substituents is 1. The molecule has 2 aromatic rings. The molecule has 1 aromatic heterocycles. The van der Waals surface area contributed by atoms with Crippen molar-refractivity contribution >= 4 is 33.3 Å². The Hall–Kier alpha value is -2.02. The molecule has 0 saturated heterocycles. The molecule has 0 N–H and O–H groups in total. The van der Waals surface area contributed by atoms with Gasteiger partial charge in [0.2, 0.25) is 0 Å². The van der Waals surface area contributed by atoms with Gasteiger partial charge in [0.1, 0.15) is 6.61 Å². The van der Waals surface area contributed by atoms with E-state index >= 15 is 0 Å². The zero-order valence-electron chi connectivity index (χ0n) is 8.87. The van der Waals surface area contributed by atoms with E-state index in [9.17, 15) is 14.9 Å². The van der Waals surface area contributed by atoms with Gasteiger partial charge >= 0.3 is 5.97 Å². The Bertz CT molecular complexity index is 593. The van der Waals surface area contributed by atoms with Gasteiger partial charge in [-0.1, -0.05) is 0 Å². The summed E-state index contributed by atoms with van der Waals surface area (Å²) in [6, 6.07) is 4.51. The largest absolute Gasteiger partial charge is 0.459 e. The van der Waals surface area contributed by atoms with Crippen LogP contribution in [0.2, 0.25) is 0 Å². The quantitative estimate of drug-likeness (QED) is 0.475. The third kappa shape index (κ3) is 2.39. The van der Waals surface area contributed by atoms with Crippen molar-refractivity contribution in [3.63, 3.8) is 0 Å². The number of nitro groups is 1. The Morgan fingerprint density at radius 1 is 1.59 bits per heavy atom. The first kappa shape index (κ1) is 11.5. The van der Waals surface area contributed by atoms with Crippen molar-refractivity contribution in [3.8, 4) is 0 Å². The first-order valence-electron chi connectivity index (χ1n) is 4.74. The molecule has 0 amide bonds. The summed E-state index contributed by atoms with van der Waals surface area (Å²) in [5.41, 5.74) is 0.547. The van der Waals surface area contributed by atoms with E-state index in [4.69, 9.17) is 4.74 Å². The predicted molar refractivity (Wildman–Crippen MR) is 61.7 cm³/mol. The third-order valence-electron chi connectivity index (χ3n) is 2.15. The van der Waals surface area contributed by atoms with Crippen LogP contribution in [0.15, 0.2) is 18.2 Å². The van der Waals surface area contributed by atoms with Crippen LogP contribution in [0, 0.1) is 10.1 Å². The van der Waals surface area contributed by atoms with E-state index in [0.717, 1.165) is 4.70 Å². The van der Waals surface area contributed by atoms with Crippen molar-refractivity contribution in [2.75, 3.05) is 0 Å². The van der Waals surface area contributed by atoms with Crippen LogP contribution >= 0.6 is 11.5 Å². The minimum Gasteiger partial charge on any atom is -0.459 e. The summed E-state index contributed by atoms with van der Waals surface area (Å²) in [4.78, 5) is 20.9. The highest BCUT2D eigenvalue weighted by Gasteiger charge is 2.12.